The largest absolute Gasteiger partial charge is 0.497 e. The third-order valence-electron chi connectivity index (χ3n) is 4.85. The van der Waals surface area contributed by atoms with E-state index in [9.17, 15) is 14.9 Å². The first kappa shape index (κ1) is 22.8. The van der Waals surface area contributed by atoms with Crippen LogP contribution in [0, 0.1) is 17.0 Å². The number of amides is 1. The fourth-order valence-corrected chi connectivity index (χ4v) is 3.11. The summed E-state index contributed by atoms with van der Waals surface area (Å²) in [5, 5.41) is 16.8. The average Bonchev–Trinajstić information content (AvgIpc) is 2.80. The van der Waals surface area contributed by atoms with Gasteiger partial charge in [0.25, 0.3) is 5.69 Å². The molecule has 0 aliphatic carbocycles. The van der Waals surface area contributed by atoms with Gasteiger partial charge in [0.05, 0.1) is 43.0 Å². The molecule has 3 rings (SSSR count). The van der Waals surface area contributed by atoms with Crippen molar-refractivity contribution in [3.05, 3.63) is 93.5 Å². The zero-order valence-corrected chi connectivity index (χ0v) is 18.0. The number of carbonyl (C=O) groups excluding carboxylic acids is 1. The molecule has 0 saturated carbocycles. The minimum absolute atomic E-state index is 0.0261. The Balaban J connectivity index is 1.49. The molecule has 166 valence electrons. The highest BCUT2D eigenvalue weighted by Gasteiger charge is 2.14. The predicted molar refractivity (Wildman–Crippen MR) is 123 cm³/mol. The van der Waals surface area contributed by atoms with E-state index < -0.39 is 4.92 Å². The molecule has 0 aliphatic rings. The van der Waals surface area contributed by atoms with Crippen molar-refractivity contribution >= 4 is 23.0 Å². The Morgan fingerprint density at radius 3 is 2.44 bits per heavy atom. The molecule has 0 heterocycles. The van der Waals surface area contributed by atoms with Crippen LogP contribution in [0.1, 0.15) is 16.7 Å². The maximum Gasteiger partial charge on any atom is 0.274 e. The monoisotopic (exact) mass is 435 g/mol. The quantitative estimate of drug-likeness (QED) is 0.354. The summed E-state index contributed by atoms with van der Waals surface area (Å²) in [6.07, 6.45) is 0. The number of nitro groups is 1. The molecule has 8 nitrogen and oxygen atoms in total. The van der Waals surface area contributed by atoms with Gasteiger partial charge in [0.2, 0.25) is 5.91 Å². The van der Waals surface area contributed by atoms with Crippen LogP contribution in [0.25, 0.3) is 0 Å². The number of hydrogen-bond acceptors (Lipinski definition) is 6. The lowest BCUT2D eigenvalue weighted by Gasteiger charge is -2.11. The van der Waals surface area contributed by atoms with Crippen LogP contribution in [0.2, 0.25) is 0 Å². The number of methoxy groups -OCH3 is 1. The fourth-order valence-electron chi connectivity index (χ4n) is 3.11. The second kappa shape index (κ2) is 10.9. The molecule has 0 aliphatic heterocycles. The van der Waals surface area contributed by atoms with Crippen molar-refractivity contribution in [2.24, 2.45) is 0 Å². The fraction of sp³-hybridized carbons (Fsp3) is 0.208. The summed E-state index contributed by atoms with van der Waals surface area (Å²) in [6, 6.07) is 19.9. The molecule has 3 aromatic carbocycles. The van der Waals surface area contributed by atoms with Crippen molar-refractivity contribution in [3.63, 3.8) is 0 Å². The molecule has 0 spiro atoms. The third-order valence-corrected chi connectivity index (χ3v) is 4.85. The lowest BCUT2D eigenvalue weighted by Crippen LogP contribution is -2.22. The third kappa shape index (κ3) is 6.29. The van der Waals surface area contributed by atoms with Gasteiger partial charge in [-0.3, -0.25) is 14.9 Å². The summed E-state index contributed by atoms with van der Waals surface area (Å²) in [4.78, 5) is 22.9. The average molecular weight is 435 g/mol. The Morgan fingerprint density at radius 2 is 1.72 bits per heavy atom. The van der Waals surface area contributed by atoms with Crippen molar-refractivity contribution < 1.29 is 19.2 Å². The summed E-state index contributed by atoms with van der Waals surface area (Å²) in [5.74, 6) is 0.506. The van der Waals surface area contributed by atoms with Crippen LogP contribution in [-0.4, -0.2) is 24.5 Å². The summed E-state index contributed by atoms with van der Waals surface area (Å²) in [5.41, 5.74) is 3.61. The number of ether oxygens (including phenoxy) is 2. The molecule has 8 heteroatoms. The molecular weight excluding hydrogens is 410 g/mol. The Hall–Kier alpha value is -3.91. The highest BCUT2D eigenvalue weighted by molar-refractivity contribution is 5.94. The van der Waals surface area contributed by atoms with Gasteiger partial charge in [-0.2, -0.15) is 0 Å². The standard InChI is InChI=1S/C24H25N3O5/c1-17-22(7-4-8-23(17)27(29)30)26-24(28)14-25-20-6-3-5-19(13-20)16-32-15-18-9-11-21(31-2)12-10-18/h3-13,25H,14-16H2,1-2H3,(H,26,28). The van der Waals surface area contributed by atoms with E-state index in [1.807, 2.05) is 48.5 Å². The van der Waals surface area contributed by atoms with Gasteiger partial charge in [0.15, 0.2) is 0 Å². The molecule has 0 aromatic heterocycles. The van der Waals surface area contributed by atoms with Gasteiger partial charge < -0.3 is 20.1 Å². The van der Waals surface area contributed by atoms with E-state index in [-0.39, 0.29) is 18.1 Å². The lowest BCUT2D eigenvalue weighted by atomic mass is 10.1. The molecule has 0 atom stereocenters. The van der Waals surface area contributed by atoms with Crippen molar-refractivity contribution in [2.75, 3.05) is 24.3 Å². The van der Waals surface area contributed by atoms with E-state index in [0.717, 1.165) is 22.6 Å². The highest BCUT2D eigenvalue weighted by Crippen LogP contribution is 2.25. The van der Waals surface area contributed by atoms with E-state index in [1.165, 1.54) is 6.07 Å². The molecule has 2 N–H and O–H groups in total. The number of nitro benzene ring substituents is 1. The number of rotatable bonds is 10. The van der Waals surface area contributed by atoms with Gasteiger partial charge in [-0.05, 0) is 48.4 Å². The second-order valence-corrected chi connectivity index (χ2v) is 7.15. The number of nitrogens with one attached hydrogen (secondary N) is 2. The van der Waals surface area contributed by atoms with Crippen molar-refractivity contribution in [1.82, 2.24) is 0 Å². The van der Waals surface area contributed by atoms with Gasteiger partial charge in [-0.1, -0.05) is 30.3 Å². The smallest absolute Gasteiger partial charge is 0.274 e. The van der Waals surface area contributed by atoms with Gasteiger partial charge >= 0.3 is 0 Å². The minimum atomic E-state index is -0.467. The van der Waals surface area contributed by atoms with E-state index in [0.29, 0.717) is 24.5 Å². The van der Waals surface area contributed by atoms with Crippen LogP contribution >= 0.6 is 0 Å². The van der Waals surface area contributed by atoms with Crippen LogP contribution in [0.5, 0.6) is 5.75 Å². The highest BCUT2D eigenvalue weighted by atomic mass is 16.6. The molecule has 0 fully saturated rings. The molecule has 0 bridgehead atoms. The van der Waals surface area contributed by atoms with Crippen molar-refractivity contribution in [3.8, 4) is 5.75 Å². The first-order chi connectivity index (χ1) is 15.5. The zero-order valence-electron chi connectivity index (χ0n) is 18.0. The van der Waals surface area contributed by atoms with Crippen molar-refractivity contribution in [2.45, 2.75) is 20.1 Å². The first-order valence-corrected chi connectivity index (χ1v) is 10.0. The second-order valence-electron chi connectivity index (χ2n) is 7.15. The van der Waals surface area contributed by atoms with Gasteiger partial charge in [0, 0.05) is 11.8 Å². The SMILES string of the molecule is COc1ccc(COCc2cccc(NCC(=O)Nc3cccc([N+](=O)[O-])c3C)c2)cc1. The molecule has 0 radical (unpaired) electrons. The Labute approximate surface area is 186 Å². The molecule has 1 amide bonds. The molecular formula is C24H25N3O5. The Morgan fingerprint density at radius 1 is 1.00 bits per heavy atom. The van der Waals surface area contributed by atoms with Gasteiger partial charge in [-0.15, -0.1) is 0 Å². The lowest BCUT2D eigenvalue weighted by molar-refractivity contribution is -0.385. The topological polar surface area (TPSA) is 103 Å². The van der Waals surface area contributed by atoms with Crippen molar-refractivity contribution in [1.29, 1.82) is 0 Å². The molecule has 3 aromatic rings. The normalized spacial score (nSPS) is 10.4. The number of anilines is 2. The Bertz CT molecular complexity index is 1080. The summed E-state index contributed by atoms with van der Waals surface area (Å²) < 4.78 is 10.9. The summed E-state index contributed by atoms with van der Waals surface area (Å²) in [7, 11) is 1.63. The van der Waals surface area contributed by atoms with Gasteiger partial charge in [0.1, 0.15) is 5.75 Å². The molecule has 0 unspecified atom stereocenters. The number of hydrogen-bond donors (Lipinski definition) is 2. The van der Waals surface area contributed by atoms with Crippen LogP contribution in [0.15, 0.2) is 66.7 Å². The van der Waals surface area contributed by atoms with E-state index >= 15 is 0 Å². The predicted octanol–water partition coefficient (Wildman–Crippen LogP) is 4.68. The number of carbonyl (C=O) groups is 1. The zero-order chi connectivity index (χ0) is 22.9. The maximum atomic E-state index is 12.3. The first-order valence-electron chi connectivity index (χ1n) is 10.0. The minimum Gasteiger partial charge on any atom is -0.497 e. The number of benzene rings is 3. The Kier molecular flexibility index (Phi) is 7.77. The van der Waals surface area contributed by atoms with Crippen LogP contribution in [-0.2, 0) is 22.7 Å². The summed E-state index contributed by atoms with van der Waals surface area (Å²) >= 11 is 0. The van der Waals surface area contributed by atoms with E-state index in [1.54, 1.807) is 26.2 Å². The summed E-state index contributed by atoms with van der Waals surface area (Å²) in [6.45, 7) is 2.54. The van der Waals surface area contributed by atoms with E-state index in [2.05, 4.69) is 10.6 Å². The van der Waals surface area contributed by atoms with Crippen LogP contribution in [0.4, 0.5) is 17.1 Å². The van der Waals surface area contributed by atoms with E-state index in [4.69, 9.17) is 9.47 Å². The maximum absolute atomic E-state index is 12.3. The van der Waals surface area contributed by atoms with Crippen LogP contribution < -0.4 is 15.4 Å². The molecule has 0 saturated heterocycles. The number of nitrogens with zero attached hydrogens (tertiary/aromatic N) is 1. The molecule has 32 heavy (non-hydrogen) atoms. The van der Waals surface area contributed by atoms with Crippen LogP contribution in [0.3, 0.4) is 0 Å². The van der Waals surface area contributed by atoms with Gasteiger partial charge in [-0.25, -0.2) is 0 Å².